The molecule has 0 radical (unpaired) electrons. The van der Waals surface area contributed by atoms with Crippen LogP contribution in [0, 0.1) is 5.82 Å². The molecule has 0 saturated heterocycles. The number of pyridine rings is 1. The van der Waals surface area contributed by atoms with Gasteiger partial charge in [-0.15, -0.1) is 11.3 Å². The van der Waals surface area contributed by atoms with E-state index in [9.17, 15) is 9.50 Å². The molecule has 5 heteroatoms. The maximum atomic E-state index is 13.5. The highest BCUT2D eigenvalue weighted by Crippen LogP contribution is 2.20. The number of halogens is 1. The van der Waals surface area contributed by atoms with Crippen molar-refractivity contribution in [3.05, 3.63) is 64.9 Å². The molecule has 21 heavy (non-hydrogen) atoms. The molecular weight excluding hydrogens is 287 g/mol. The highest BCUT2D eigenvalue weighted by Gasteiger charge is 2.11. The molecule has 3 nitrogen and oxygen atoms in total. The van der Waals surface area contributed by atoms with Crippen LogP contribution in [-0.4, -0.2) is 16.6 Å². The summed E-state index contributed by atoms with van der Waals surface area (Å²) in [6.45, 7) is 0.885. The zero-order valence-electron chi connectivity index (χ0n) is 11.3. The van der Waals surface area contributed by atoms with Gasteiger partial charge in [-0.2, -0.15) is 0 Å². The molecule has 0 aliphatic carbocycles. The van der Waals surface area contributed by atoms with E-state index in [1.54, 1.807) is 29.5 Å². The average Bonchev–Trinajstić information content (AvgIpc) is 2.95. The van der Waals surface area contributed by atoms with Gasteiger partial charge in [-0.05, 0) is 29.1 Å². The van der Waals surface area contributed by atoms with Gasteiger partial charge >= 0.3 is 0 Å². The Kier molecular flexibility index (Phi) is 4.24. The average molecular weight is 302 g/mol. The summed E-state index contributed by atoms with van der Waals surface area (Å²) in [6.07, 6.45) is 0.960. The van der Waals surface area contributed by atoms with Crippen LogP contribution in [0.25, 0.3) is 10.2 Å². The van der Waals surface area contributed by atoms with Crippen LogP contribution < -0.4 is 5.32 Å². The van der Waals surface area contributed by atoms with Crippen LogP contribution in [0.5, 0.6) is 0 Å². The van der Waals surface area contributed by atoms with E-state index in [0.717, 1.165) is 15.8 Å². The van der Waals surface area contributed by atoms with Gasteiger partial charge in [0.1, 0.15) is 5.82 Å². The molecule has 3 aromatic rings. The lowest BCUT2D eigenvalue weighted by molar-refractivity contribution is 0.169. The van der Waals surface area contributed by atoms with Crippen molar-refractivity contribution in [1.29, 1.82) is 0 Å². The van der Waals surface area contributed by atoms with E-state index in [0.29, 0.717) is 18.7 Å². The van der Waals surface area contributed by atoms with Crippen molar-refractivity contribution in [3.63, 3.8) is 0 Å². The summed E-state index contributed by atoms with van der Waals surface area (Å²) >= 11 is 1.65. The lowest BCUT2D eigenvalue weighted by atomic mass is 10.1. The Hall–Kier alpha value is -1.82. The fraction of sp³-hybridized carbons (Fsp3) is 0.188. The van der Waals surface area contributed by atoms with Gasteiger partial charge in [0.05, 0.1) is 16.3 Å². The molecule has 3 rings (SSSR count). The minimum Gasteiger partial charge on any atom is -0.387 e. The number of benzene rings is 1. The van der Waals surface area contributed by atoms with Gasteiger partial charge in [-0.3, -0.25) is 4.98 Å². The first kappa shape index (κ1) is 14.1. The van der Waals surface area contributed by atoms with Crippen molar-refractivity contribution in [2.45, 2.75) is 12.6 Å². The Morgan fingerprint density at radius 3 is 3.00 bits per heavy atom. The van der Waals surface area contributed by atoms with E-state index < -0.39 is 6.10 Å². The Labute approximate surface area is 126 Å². The van der Waals surface area contributed by atoms with Crippen molar-refractivity contribution < 1.29 is 9.50 Å². The van der Waals surface area contributed by atoms with Crippen LogP contribution in [0.4, 0.5) is 4.39 Å². The van der Waals surface area contributed by atoms with E-state index in [2.05, 4.69) is 16.4 Å². The number of hydrogen-bond acceptors (Lipinski definition) is 4. The summed E-state index contributed by atoms with van der Waals surface area (Å²) in [7, 11) is 0. The third-order valence-corrected chi connectivity index (χ3v) is 4.14. The SMILES string of the molecule is OC(CNCc1cnc2ccsc2c1)c1ccccc1F. The quantitative estimate of drug-likeness (QED) is 0.760. The van der Waals surface area contributed by atoms with Gasteiger partial charge in [-0.1, -0.05) is 18.2 Å². The van der Waals surface area contributed by atoms with E-state index >= 15 is 0 Å². The Morgan fingerprint density at radius 2 is 2.14 bits per heavy atom. The number of nitrogens with zero attached hydrogens (tertiary/aromatic N) is 1. The summed E-state index contributed by atoms with van der Waals surface area (Å²) in [5.41, 5.74) is 2.36. The van der Waals surface area contributed by atoms with Crippen LogP contribution in [0.1, 0.15) is 17.2 Å². The Bertz CT molecular complexity index is 744. The zero-order chi connectivity index (χ0) is 14.7. The highest BCUT2D eigenvalue weighted by molar-refractivity contribution is 7.17. The van der Waals surface area contributed by atoms with Gasteiger partial charge in [0.15, 0.2) is 0 Å². The fourth-order valence-electron chi connectivity index (χ4n) is 2.19. The van der Waals surface area contributed by atoms with Crippen LogP contribution in [0.15, 0.2) is 48.0 Å². The minimum atomic E-state index is -0.857. The van der Waals surface area contributed by atoms with Gasteiger partial charge in [0, 0.05) is 24.8 Å². The molecule has 2 N–H and O–H groups in total. The number of aliphatic hydroxyl groups excluding tert-OH is 1. The minimum absolute atomic E-state index is 0.295. The summed E-state index contributed by atoms with van der Waals surface area (Å²) in [5.74, 6) is -0.381. The lowest BCUT2D eigenvalue weighted by Crippen LogP contribution is -2.21. The van der Waals surface area contributed by atoms with Crippen LogP contribution in [0.3, 0.4) is 0 Å². The topological polar surface area (TPSA) is 45.1 Å². The first-order valence-corrected chi connectivity index (χ1v) is 7.57. The molecule has 0 amide bonds. The monoisotopic (exact) mass is 302 g/mol. The molecule has 0 bridgehead atoms. The molecule has 1 atom stereocenters. The molecule has 2 aromatic heterocycles. The summed E-state index contributed by atoms with van der Waals surface area (Å²) in [5, 5.41) is 15.1. The molecule has 0 spiro atoms. The predicted molar refractivity (Wildman–Crippen MR) is 82.7 cm³/mol. The second-order valence-electron chi connectivity index (χ2n) is 4.82. The molecule has 108 valence electrons. The predicted octanol–water partition coefficient (Wildman–Crippen LogP) is 3.26. The number of fused-ring (bicyclic) bond motifs is 1. The van der Waals surface area contributed by atoms with Gasteiger partial charge in [0.2, 0.25) is 0 Å². The van der Waals surface area contributed by atoms with Gasteiger partial charge in [-0.25, -0.2) is 4.39 Å². The molecule has 2 heterocycles. The van der Waals surface area contributed by atoms with Gasteiger partial charge < -0.3 is 10.4 Å². The van der Waals surface area contributed by atoms with Crippen molar-refractivity contribution in [1.82, 2.24) is 10.3 Å². The highest BCUT2D eigenvalue weighted by atomic mass is 32.1. The zero-order valence-corrected chi connectivity index (χ0v) is 12.1. The maximum Gasteiger partial charge on any atom is 0.129 e. The largest absolute Gasteiger partial charge is 0.387 e. The maximum absolute atomic E-state index is 13.5. The third kappa shape index (κ3) is 3.26. The second kappa shape index (κ2) is 6.30. The first-order valence-electron chi connectivity index (χ1n) is 6.69. The van der Waals surface area contributed by atoms with E-state index in [1.165, 1.54) is 6.07 Å². The van der Waals surface area contributed by atoms with Crippen LogP contribution >= 0.6 is 11.3 Å². The third-order valence-electron chi connectivity index (χ3n) is 3.29. The van der Waals surface area contributed by atoms with Gasteiger partial charge in [0.25, 0.3) is 0 Å². The van der Waals surface area contributed by atoms with Crippen LogP contribution in [-0.2, 0) is 6.54 Å². The van der Waals surface area contributed by atoms with Crippen LogP contribution in [0.2, 0.25) is 0 Å². The van der Waals surface area contributed by atoms with Crippen molar-refractivity contribution in [2.24, 2.45) is 0 Å². The number of aromatic nitrogens is 1. The summed E-state index contributed by atoms with van der Waals surface area (Å²) in [4.78, 5) is 4.36. The lowest BCUT2D eigenvalue weighted by Gasteiger charge is -2.13. The fourth-order valence-corrected chi connectivity index (χ4v) is 3.00. The summed E-state index contributed by atoms with van der Waals surface area (Å²) in [6, 6.07) is 10.3. The van der Waals surface area contributed by atoms with Crippen molar-refractivity contribution >= 4 is 21.6 Å². The molecule has 1 unspecified atom stereocenters. The number of thiophene rings is 1. The van der Waals surface area contributed by atoms with Crippen molar-refractivity contribution in [2.75, 3.05) is 6.54 Å². The second-order valence-corrected chi connectivity index (χ2v) is 5.76. The number of aliphatic hydroxyl groups is 1. The van der Waals surface area contributed by atoms with E-state index in [1.807, 2.05) is 17.6 Å². The normalized spacial score (nSPS) is 12.7. The smallest absolute Gasteiger partial charge is 0.129 e. The first-order chi connectivity index (χ1) is 10.2. The number of hydrogen-bond donors (Lipinski definition) is 2. The van der Waals surface area contributed by atoms with Crippen molar-refractivity contribution in [3.8, 4) is 0 Å². The standard InChI is InChI=1S/C16H15FN2OS/c17-13-4-2-1-3-12(13)15(20)10-18-8-11-7-16-14(19-9-11)5-6-21-16/h1-7,9,15,18,20H,8,10H2. The molecule has 0 fully saturated rings. The van der Waals surface area contributed by atoms with E-state index in [-0.39, 0.29) is 5.82 Å². The molecular formula is C16H15FN2OS. The molecule has 0 saturated carbocycles. The Balaban J connectivity index is 1.59. The van der Waals surface area contributed by atoms with E-state index in [4.69, 9.17) is 0 Å². The summed E-state index contributed by atoms with van der Waals surface area (Å²) < 4.78 is 14.7. The number of rotatable bonds is 5. The molecule has 0 aliphatic heterocycles. The molecule has 1 aromatic carbocycles. The Morgan fingerprint density at radius 1 is 1.29 bits per heavy atom. The molecule has 0 aliphatic rings. The number of nitrogens with one attached hydrogen (secondary N) is 1.